The zero-order chi connectivity index (χ0) is 21.4. The average Bonchev–Trinajstić information content (AvgIpc) is 3.15. The fourth-order valence-corrected chi connectivity index (χ4v) is 4.28. The van der Waals surface area contributed by atoms with Gasteiger partial charge >= 0.3 is 0 Å². The Bertz CT molecular complexity index is 1290. The number of fused-ring (bicyclic) bond motifs is 3. The Morgan fingerprint density at radius 3 is 2.58 bits per heavy atom. The molecular weight excluding hydrogens is 386 g/mol. The molecule has 0 radical (unpaired) electrons. The van der Waals surface area contributed by atoms with E-state index in [2.05, 4.69) is 29.3 Å². The summed E-state index contributed by atoms with van der Waals surface area (Å²) < 4.78 is 7.14. The number of ether oxygens (including phenoxy) is 1. The number of aryl methyl sites for hydroxylation is 1. The van der Waals surface area contributed by atoms with Gasteiger partial charge in [-0.1, -0.05) is 54.6 Å². The number of hydrogen-bond acceptors (Lipinski definition) is 4. The van der Waals surface area contributed by atoms with E-state index in [1.807, 2.05) is 53.9 Å². The van der Waals surface area contributed by atoms with Crippen LogP contribution in [-0.4, -0.2) is 27.5 Å². The first kappa shape index (κ1) is 19.2. The number of hydrogen-bond donors (Lipinski definition) is 0. The summed E-state index contributed by atoms with van der Waals surface area (Å²) in [7, 11) is 1.66. The van der Waals surface area contributed by atoms with Gasteiger partial charge in [0.05, 0.1) is 24.1 Å². The van der Waals surface area contributed by atoms with Gasteiger partial charge in [0.2, 0.25) is 0 Å². The Morgan fingerprint density at radius 1 is 1.06 bits per heavy atom. The second-order valence-electron chi connectivity index (χ2n) is 7.90. The van der Waals surface area contributed by atoms with Gasteiger partial charge in [-0.25, -0.2) is 9.50 Å². The van der Waals surface area contributed by atoms with Crippen LogP contribution in [0, 0.1) is 12.8 Å². The number of carbonyl (C=O) groups excluding carboxylic acids is 1. The maximum Gasteiger partial charge on any atom is 0.166 e. The average molecular weight is 409 g/mol. The molecule has 0 saturated carbocycles. The van der Waals surface area contributed by atoms with Crippen molar-refractivity contribution in [2.75, 3.05) is 7.11 Å². The summed E-state index contributed by atoms with van der Waals surface area (Å²) in [5, 5.41) is 4.78. The van der Waals surface area contributed by atoms with Gasteiger partial charge in [-0.05, 0) is 42.5 Å². The molecule has 0 fully saturated rings. The molecule has 0 bridgehead atoms. The first-order chi connectivity index (χ1) is 15.1. The number of allylic oxidation sites excluding steroid dienone is 1. The minimum absolute atomic E-state index is 0.123. The Labute approximate surface area is 181 Å². The van der Waals surface area contributed by atoms with Gasteiger partial charge in [-0.15, -0.1) is 0 Å². The van der Waals surface area contributed by atoms with E-state index in [9.17, 15) is 4.79 Å². The molecular formula is C26H23N3O2. The third-order valence-corrected chi connectivity index (χ3v) is 5.86. The van der Waals surface area contributed by atoms with E-state index in [1.54, 1.807) is 13.3 Å². The van der Waals surface area contributed by atoms with Crippen LogP contribution in [0.3, 0.4) is 0 Å². The SMILES string of the molecule is COc1ccc(-c2c(C)nn3c4c(cnc23)C(=O)CC(C=Cc2ccccc2)C4)cc1. The zero-order valence-corrected chi connectivity index (χ0v) is 17.6. The predicted molar refractivity (Wildman–Crippen MR) is 121 cm³/mol. The maximum absolute atomic E-state index is 12.9. The van der Waals surface area contributed by atoms with E-state index in [1.165, 1.54) is 0 Å². The second kappa shape index (κ2) is 7.84. The largest absolute Gasteiger partial charge is 0.497 e. The molecule has 2 aromatic heterocycles. The highest BCUT2D eigenvalue weighted by Gasteiger charge is 2.28. The normalized spacial score (nSPS) is 16.1. The van der Waals surface area contributed by atoms with Crippen LogP contribution >= 0.6 is 0 Å². The number of aromatic nitrogens is 3. The van der Waals surface area contributed by atoms with Crippen molar-refractivity contribution in [1.29, 1.82) is 0 Å². The molecule has 1 aliphatic rings. The number of Topliss-reactive ketones (excluding diaryl/α,β-unsaturated/α-hetero) is 1. The first-order valence-corrected chi connectivity index (χ1v) is 10.4. The molecule has 1 unspecified atom stereocenters. The lowest BCUT2D eigenvalue weighted by atomic mass is 9.86. The van der Waals surface area contributed by atoms with E-state index in [4.69, 9.17) is 9.84 Å². The van der Waals surface area contributed by atoms with Crippen molar-refractivity contribution in [2.45, 2.75) is 19.8 Å². The molecule has 154 valence electrons. The number of benzene rings is 2. The van der Waals surface area contributed by atoms with Gasteiger partial charge < -0.3 is 4.74 Å². The van der Waals surface area contributed by atoms with E-state index < -0.39 is 0 Å². The van der Waals surface area contributed by atoms with E-state index in [-0.39, 0.29) is 11.7 Å². The van der Waals surface area contributed by atoms with Crippen molar-refractivity contribution >= 4 is 17.5 Å². The van der Waals surface area contributed by atoms with E-state index in [0.29, 0.717) is 12.0 Å². The van der Waals surface area contributed by atoms with Gasteiger partial charge in [-0.2, -0.15) is 5.10 Å². The first-order valence-electron chi connectivity index (χ1n) is 10.4. The van der Waals surface area contributed by atoms with Crippen molar-refractivity contribution in [3.8, 4) is 16.9 Å². The second-order valence-corrected chi connectivity index (χ2v) is 7.90. The van der Waals surface area contributed by atoms with E-state index in [0.717, 1.165) is 45.9 Å². The smallest absolute Gasteiger partial charge is 0.166 e. The van der Waals surface area contributed by atoms with Crippen LogP contribution in [0.2, 0.25) is 0 Å². The number of carbonyl (C=O) groups is 1. The molecule has 2 aromatic carbocycles. The lowest BCUT2D eigenvalue weighted by molar-refractivity contribution is 0.0957. The van der Waals surface area contributed by atoms with Gasteiger partial charge in [0, 0.05) is 18.2 Å². The molecule has 1 aliphatic carbocycles. The van der Waals surface area contributed by atoms with Gasteiger partial charge in [0.1, 0.15) is 5.75 Å². The van der Waals surface area contributed by atoms with Crippen molar-refractivity contribution in [2.24, 2.45) is 5.92 Å². The molecule has 0 saturated heterocycles. The number of ketones is 1. The van der Waals surface area contributed by atoms with Crippen molar-refractivity contribution in [3.63, 3.8) is 0 Å². The summed E-state index contributed by atoms with van der Waals surface area (Å²) in [5.74, 6) is 1.07. The Kier molecular flexibility index (Phi) is 4.86. The molecule has 0 N–H and O–H groups in total. The monoisotopic (exact) mass is 409 g/mol. The highest BCUT2D eigenvalue weighted by Crippen LogP contribution is 2.33. The van der Waals surface area contributed by atoms with Gasteiger partial charge in [-0.3, -0.25) is 4.79 Å². The Morgan fingerprint density at radius 2 is 1.84 bits per heavy atom. The van der Waals surface area contributed by atoms with Crippen molar-refractivity contribution in [3.05, 3.63) is 89.4 Å². The summed E-state index contributed by atoms with van der Waals surface area (Å²) in [5.41, 5.74) is 6.44. The van der Waals surface area contributed by atoms with E-state index >= 15 is 0 Å². The third-order valence-electron chi connectivity index (χ3n) is 5.86. The molecule has 2 heterocycles. The lowest BCUT2D eigenvalue weighted by Gasteiger charge is -2.21. The van der Waals surface area contributed by atoms with Gasteiger partial charge in [0.15, 0.2) is 11.4 Å². The van der Waals surface area contributed by atoms with Crippen LogP contribution < -0.4 is 4.74 Å². The van der Waals surface area contributed by atoms with Crippen LogP contribution in [0.1, 0.15) is 33.7 Å². The number of methoxy groups -OCH3 is 1. The Balaban J connectivity index is 1.55. The predicted octanol–water partition coefficient (Wildman–Crippen LogP) is 5.17. The fourth-order valence-electron chi connectivity index (χ4n) is 4.28. The summed E-state index contributed by atoms with van der Waals surface area (Å²) >= 11 is 0. The quantitative estimate of drug-likeness (QED) is 0.466. The molecule has 31 heavy (non-hydrogen) atoms. The molecule has 4 aromatic rings. The summed E-state index contributed by atoms with van der Waals surface area (Å²) in [6.45, 7) is 1.98. The number of rotatable bonds is 4. The van der Waals surface area contributed by atoms with Gasteiger partial charge in [0.25, 0.3) is 0 Å². The summed E-state index contributed by atoms with van der Waals surface area (Å²) in [6, 6.07) is 18.1. The molecule has 5 heteroatoms. The molecule has 0 amide bonds. The number of nitrogens with zero attached hydrogens (tertiary/aromatic N) is 3. The molecule has 0 spiro atoms. The van der Waals surface area contributed by atoms with Crippen LogP contribution in [0.4, 0.5) is 0 Å². The highest BCUT2D eigenvalue weighted by atomic mass is 16.5. The standard InChI is InChI=1S/C26H23N3O2/c1-17-25(20-10-12-21(31-2)13-11-20)26-27-16-22-23(29(26)28-17)14-19(15-24(22)30)9-8-18-6-4-3-5-7-18/h3-13,16,19H,14-15H2,1-2H3. The maximum atomic E-state index is 12.9. The Hall–Kier alpha value is -3.73. The zero-order valence-electron chi connectivity index (χ0n) is 17.6. The topological polar surface area (TPSA) is 56.5 Å². The highest BCUT2D eigenvalue weighted by molar-refractivity contribution is 5.98. The molecule has 0 aliphatic heterocycles. The molecule has 5 nitrogen and oxygen atoms in total. The van der Waals surface area contributed by atoms with Crippen molar-refractivity contribution in [1.82, 2.24) is 14.6 Å². The molecule has 1 atom stereocenters. The van der Waals surface area contributed by atoms with Crippen molar-refractivity contribution < 1.29 is 9.53 Å². The minimum Gasteiger partial charge on any atom is -0.497 e. The minimum atomic E-state index is 0.123. The molecule has 5 rings (SSSR count). The van der Waals surface area contributed by atoms with Crippen LogP contribution in [0.5, 0.6) is 5.75 Å². The van der Waals surface area contributed by atoms with Crippen LogP contribution in [0.25, 0.3) is 22.9 Å². The summed E-state index contributed by atoms with van der Waals surface area (Å²) in [6.07, 6.45) is 7.21. The fraction of sp³-hybridized carbons (Fsp3) is 0.192. The van der Waals surface area contributed by atoms with Crippen LogP contribution in [-0.2, 0) is 6.42 Å². The lowest BCUT2D eigenvalue weighted by Crippen LogP contribution is -2.22. The summed E-state index contributed by atoms with van der Waals surface area (Å²) in [4.78, 5) is 17.5. The third kappa shape index (κ3) is 3.52. The van der Waals surface area contributed by atoms with Crippen LogP contribution in [0.15, 0.2) is 66.9 Å².